The lowest BCUT2D eigenvalue weighted by Gasteiger charge is -2.35. The van der Waals surface area contributed by atoms with Gasteiger partial charge in [0.15, 0.2) is 0 Å². The van der Waals surface area contributed by atoms with Crippen molar-refractivity contribution in [2.75, 3.05) is 35.3 Å². The first kappa shape index (κ1) is 19.0. The molecule has 3 heterocycles. The average molecular weight is 428 g/mol. The molecule has 1 atom stereocenters. The van der Waals surface area contributed by atoms with Crippen LogP contribution in [-0.2, 0) is 14.5 Å². The van der Waals surface area contributed by atoms with E-state index in [1.165, 1.54) is 18.2 Å². The fourth-order valence-corrected chi connectivity index (χ4v) is 6.16. The van der Waals surface area contributed by atoms with Crippen molar-refractivity contribution in [2.24, 2.45) is 0 Å². The molecule has 29 heavy (non-hydrogen) atoms. The second-order valence-corrected chi connectivity index (χ2v) is 9.32. The van der Waals surface area contributed by atoms with E-state index in [9.17, 15) is 9.59 Å². The van der Waals surface area contributed by atoms with E-state index in [0.29, 0.717) is 17.4 Å². The number of amides is 2. The van der Waals surface area contributed by atoms with Gasteiger partial charge in [0, 0.05) is 16.3 Å². The third-order valence-corrected chi connectivity index (χ3v) is 7.54. The summed E-state index contributed by atoms with van der Waals surface area (Å²) in [7, 11) is 0. The van der Waals surface area contributed by atoms with Gasteiger partial charge < -0.3 is 0 Å². The van der Waals surface area contributed by atoms with Gasteiger partial charge in [0.25, 0.3) is 5.91 Å². The summed E-state index contributed by atoms with van der Waals surface area (Å²) in [5, 5.41) is 0.547. The third-order valence-electron chi connectivity index (χ3n) is 5.92. The summed E-state index contributed by atoms with van der Waals surface area (Å²) in [6.07, 6.45) is 3.57. The predicted octanol–water partition coefficient (Wildman–Crippen LogP) is 4.06. The number of para-hydroxylation sites is 1. The van der Waals surface area contributed by atoms with E-state index in [1.54, 1.807) is 17.0 Å². The number of anilines is 2. The van der Waals surface area contributed by atoms with Gasteiger partial charge in [-0.25, -0.2) is 0 Å². The Morgan fingerprint density at radius 3 is 2.59 bits per heavy atom. The number of hydrogen-bond donors (Lipinski definition) is 0. The van der Waals surface area contributed by atoms with E-state index in [-0.39, 0.29) is 17.6 Å². The highest BCUT2D eigenvalue weighted by molar-refractivity contribution is 8.02. The van der Waals surface area contributed by atoms with Gasteiger partial charge in [-0.2, -0.15) is 0 Å². The Morgan fingerprint density at radius 2 is 1.79 bits per heavy atom. The van der Waals surface area contributed by atoms with Gasteiger partial charge >= 0.3 is 0 Å². The van der Waals surface area contributed by atoms with Crippen molar-refractivity contribution in [3.63, 3.8) is 0 Å². The molecule has 150 valence electrons. The summed E-state index contributed by atoms with van der Waals surface area (Å²) in [6.45, 7) is 2.57. The molecule has 2 aromatic carbocycles. The van der Waals surface area contributed by atoms with Crippen molar-refractivity contribution in [2.45, 2.75) is 24.1 Å². The van der Waals surface area contributed by atoms with Gasteiger partial charge in [-0.05, 0) is 50.2 Å². The second kappa shape index (κ2) is 7.35. The Balaban J connectivity index is 1.60. The van der Waals surface area contributed by atoms with Crippen molar-refractivity contribution in [1.29, 1.82) is 0 Å². The van der Waals surface area contributed by atoms with E-state index in [2.05, 4.69) is 4.90 Å². The summed E-state index contributed by atoms with van der Waals surface area (Å²) in [5.74, 6) is 0.157. The maximum Gasteiger partial charge on any atom is 0.269 e. The van der Waals surface area contributed by atoms with Crippen molar-refractivity contribution in [1.82, 2.24) is 4.90 Å². The van der Waals surface area contributed by atoms with Crippen LogP contribution in [-0.4, -0.2) is 42.2 Å². The summed E-state index contributed by atoms with van der Waals surface area (Å²) < 4.78 is 0. The maximum atomic E-state index is 13.9. The van der Waals surface area contributed by atoms with Crippen molar-refractivity contribution in [3.8, 4) is 0 Å². The van der Waals surface area contributed by atoms with E-state index >= 15 is 0 Å². The largest absolute Gasteiger partial charge is 0.295 e. The number of carbonyl (C=O) groups is 2. The van der Waals surface area contributed by atoms with Crippen LogP contribution in [0.25, 0.3) is 0 Å². The number of nitrogens with zero attached hydrogens (tertiary/aromatic N) is 3. The number of benzene rings is 2. The van der Waals surface area contributed by atoms with Crippen LogP contribution in [0, 0.1) is 0 Å². The molecule has 3 aliphatic heterocycles. The number of thioether (sulfide) groups is 1. The molecule has 2 fully saturated rings. The molecule has 5 rings (SSSR count). The molecule has 2 saturated heterocycles. The van der Waals surface area contributed by atoms with E-state index < -0.39 is 4.87 Å². The van der Waals surface area contributed by atoms with E-state index in [4.69, 9.17) is 11.6 Å². The molecule has 0 bridgehead atoms. The van der Waals surface area contributed by atoms with Crippen LogP contribution in [0.5, 0.6) is 0 Å². The van der Waals surface area contributed by atoms with Crippen LogP contribution in [0.1, 0.15) is 24.8 Å². The molecule has 2 aromatic rings. The normalized spacial score (nSPS) is 24.6. The van der Waals surface area contributed by atoms with Gasteiger partial charge in [0.2, 0.25) is 10.8 Å². The monoisotopic (exact) mass is 427 g/mol. The lowest BCUT2D eigenvalue weighted by molar-refractivity contribution is -0.124. The quantitative estimate of drug-likeness (QED) is 0.740. The SMILES string of the molecule is O=C1CSC2(C(=O)N(CN3CCCCC3)c3ccccc32)N1c1cccc(Cl)c1. The third kappa shape index (κ3) is 2.97. The van der Waals surface area contributed by atoms with Crippen molar-refractivity contribution in [3.05, 3.63) is 59.1 Å². The molecular formula is C22H22ClN3O2S. The summed E-state index contributed by atoms with van der Waals surface area (Å²) in [4.78, 5) is 31.7. The molecular weight excluding hydrogens is 406 g/mol. The Bertz CT molecular complexity index is 978. The van der Waals surface area contributed by atoms with Crippen LogP contribution < -0.4 is 9.80 Å². The smallest absolute Gasteiger partial charge is 0.269 e. The molecule has 2 amide bonds. The minimum absolute atomic E-state index is 0.0416. The lowest BCUT2D eigenvalue weighted by atomic mass is 10.0. The van der Waals surface area contributed by atoms with Gasteiger partial charge in [-0.15, -0.1) is 11.8 Å². The highest BCUT2D eigenvalue weighted by Crippen LogP contribution is 2.55. The molecule has 0 N–H and O–H groups in total. The van der Waals surface area contributed by atoms with Crippen LogP contribution >= 0.6 is 23.4 Å². The maximum absolute atomic E-state index is 13.9. The van der Waals surface area contributed by atoms with Gasteiger partial charge in [-0.1, -0.05) is 42.3 Å². The standard InChI is InChI=1S/C22H22ClN3O2S/c23-16-7-6-8-17(13-16)26-20(27)14-29-22(26)18-9-2-3-10-19(18)25(21(22)28)15-24-11-4-1-5-12-24/h2-3,6-10,13H,1,4-5,11-12,14-15H2. The highest BCUT2D eigenvalue weighted by atomic mass is 35.5. The number of rotatable bonds is 3. The Kier molecular flexibility index (Phi) is 4.81. The summed E-state index contributed by atoms with van der Waals surface area (Å²) in [5.41, 5.74) is 2.45. The van der Waals surface area contributed by atoms with Crippen molar-refractivity contribution < 1.29 is 9.59 Å². The molecule has 5 nitrogen and oxygen atoms in total. The molecule has 0 aliphatic carbocycles. The van der Waals surface area contributed by atoms with E-state index in [1.807, 2.05) is 41.3 Å². The Hall–Kier alpha value is -2.02. The van der Waals surface area contributed by atoms with Gasteiger partial charge in [-0.3, -0.25) is 24.3 Å². The fraction of sp³-hybridized carbons (Fsp3) is 0.364. The molecule has 7 heteroatoms. The number of halogens is 1. The summed E-state index contributed by atoms with van der Waals surface area (Å²) in [6, 6.07) is 15.1. The van der Waals surface area contributed by atoms with Crippen LogP contribution in [0.15, 0.2) is 48.5 Å². The molecule has 1 unspecified atom stereocenters. The average Bonchev–Trinajstić information content (AvgIpc) is 3.20. The van der Waals surface area contributed by atoms with Crippen LogP contribution in [0.2, 0.25) is 5.02 Å². The zero-order chi connectivity index (χ0) is 20.0. The van der Waals surface area contributed by atoms with Crippen LogP contribution in [0.4, 0.5) is 11.4 Å². The van der Waals surface area contributed by atoms with Gasteiger partial charge in [0.1, 0.15) is 0 Å². The molecule has 0 radical (unpaired) electrons. The molecule has 0 saturated carbocycles. The van der Waals surface area contributed by atoms with Crippen molar-refractivity contribution >= 4 is 46.6 Å². The zero-order valence-corrected chi connectivity index (χ0v) is 17.6. The minimum Gasteiger partial charge on any atom is -0.295 e. The van der Waals surface area contributed by atoms with Gasteiger partial charge in [0.05, 0.1) is 18.1 Å². The first-order valence-corrected chi connectivity index (χ1v) is 11.3. The number of hydrogen-bond acceptors (Lipinski definition) is 4. The van der Waals surface area contributed by atoms with Crippen LogP contribution in [0.3, 0.4) is 0 Å². The molecule has 1 spiro atoms. The second-order valence-electron chi connectivity index (χ2n) is 7.71. The number of likely N-dealkylation sites (tertiary alicyclic amines) is 1. The number of carbonyl (C=O) groups excluding carboxylic acids is 2. The first-order chi connectivity index (χ1) is 14.1. The van der Waals surface area contributed by atoms with E-state index in [0.717, 1.165) is 37.2 Å². The summed E-state index contributed by atoms with van der Waals surface area (Å²) >= 11 is 7.62. The molecule has 0 aromatic heterocycles. The minimum atomic E-state index is -1.06. The first-order valence-electron chi connectivity index (χ1n) is 9.98. The molecule has 3 aliphatic rings. The number of fused-ring (bicyclic) bond motifs is 2. The Morgan fingerprint density at radius 1 is 1.00 bits per heavy atom. The number of piperidine rings is 1. The highest BCUT2D eigenvalue weighted by Gasteiger charge is 2.61. The zero-order valence-electron chi connectivity index (χ0n) is 16.0. The predicted molar refractivity (Wildman–Crippen MR) is 117 cm³/mol. The lowest BCUT2D eigenvalue weighted by Crippen LogP contribution is -2.52. The topological polar surface area (TPSA) is 43.9 Å². The fourth-order valence-electron chi connectivity index (χ4n) is 4.61. The Labute approximate surface area is 179 Å².